The molecule has 46 valence electrons. The van der Waals surface area contributed by atoms with E-state index in [1.807, 2.05) is 0 Å². The molecule has 3 atom stereocenters. The first-order chi connectivity index (χ1) is 3.79. The highest BCUT2D eigenvalue weighted by molar-refractivity contribution is 14.1. The predicted molar refractivity (Wildman–Crippen MR) is 40.5 cm³/mol. The van der Waals surface area contributed by atoms with E-state index >= 15 is 0 Å². The van der Waals surface area contributed by atoms with Crippen molar-refractivity contribution in [2.45, 2.75) is 6.04 Å². The zero-order valence-electron chi connectivity index (χ0n) is 4.55. The molecule has 2 aliphatic rings. The molecule has 2 rings (SSSR count). The van der Waals surface area contributed by atoms with Crippen molar-refractivity contribution in [3.63, 3.8) is 0 Å². The van der Waals surface area contributed by atoms with Gasteiger partial charge in [0.15, 0.2) is 0 Å². The molecule has 1 saturated heterocycles. The molecule has 1 saturated carbocycles. The van der Waals surface area contributed by atoms with E-state index in [9.17, 15) is 0 Å². The summed E-state index contributed by atoms with van der Waals surface area (Å²) in [5, 5.41) is 0. The minimum atomic E-state index is 0.556. The van der Waals surface area contributed by atoms with E-state index in [0.717, 1.165) is 11.8 Å². The van der Waals surface area contributed by atoms with E-state index in [4.69, 9.17) is 5.73 Å². The molecule has 0 radical (unpaired) electrons. The van der Waals surface area contributed by atoms with Crippen LogP contribution in [-0.4, -0.2) is 22.2 Å². The van der Waals surface area contributed by atoms with Gasteiger partial charge in [0.1, 0.15) is 0 Å². The smallest absolute Gasteiger partial charge is 0.0201 e. The largest absolute Gasteiger partial charge is 0.327 e. The minimum Gasteiger partial charge on any atom is -0.327 e. The Morgan fingerprint density at radius 1 is 1.38 bits per heavy atom. The maximum Gasteiger partial charge on any atom is 0.0201 e. The summed E-state index contributed by atoms with van der Waals surface area (Å²) in [5.74, 6) is 1.71. The lowest BCUT2D eigenvalue weighted by Crippen LogP contribution is -2.19. The van der Waals surface area contributed by atoms with Crippen LogP contribution in [0.3, 0.4) is 0 Å². The number of nitrogens with two attached hydrogens (primary N) is 1. The number of halogens is 1. The van der Waals surface area contributed by atoms with Gasteiger partial charge in [0.2, 0.25) is 0 Å². The Hall–Kier alpha value is 0.650. The van der Waals surface area contributed by atoms with Crippen LogP contribution in [0, 0.1) is 11.8 Å². The molecular formula is C5H9IN2. The molecule has 1 heterocycles. The number of piperidine rings is 1. The average molecular weight is 224 g/mol. The topological polar surface area (TPSA) is 29.3 Å². The maximum absolute atomic E-state index is 5.70. The summed E-state index contributed by atoms with van der Waals surface area (Å²) in [6.45, 7) is 2.46. The van der Waals surface area contributed by atoms with Crippen molar-refractivity contribution in [1.82, 2.24) is 3.11 Å². The van der Waals surface area contributed by atoms with Gasteiger partial charge in [0.05, 0.1) is 0 Å². The first-order valence-corrected chi connectivity index (χ1v) is 3.92. The summed E-state index contributed by atoms with van der Waals surface area (Å²) >= 11 is 2.37. The third-order valence-corrected chi connectivity index (χ3v) is 3.00. The third kappa shape index (κ3) is 0.610. The second kappa shape index (κ2) is 1.58. The van der Waals surface area contributed by atoms with Crippen molar-refractivity contribution in [3.05, 3.63) is 0 Å². The van der Waals surface area contributed by atoms with Gasteiger partial charge in [-0.1, -0.05) is 0 Å². The Labute approximate surface area is 62.9 Å². The van der Waals surface area contributed by atoms with Gasteiger partial charge in [0, 0.05) is 42.0 Å². The van der Waals surface area contributed by atoms with Crippen molar-refractivity contribution in [2.75, 3.05) is 13.1 Å². The molecule has 1 aliphatic heterocycles. The first-order valence-electron chi connectivity index (χ1n) is 2.95. The van der Waals surface area contributed by atoms with Gasteiger partial charge in [0.25, 0.3) is 0 Å². The molecule has 0 aromatic heterocycles. The summed E-state index contributed by atoms with van der Waals surface area (Å²) in [6, 6.07) is 0.556. The van der Waals surface area contributed by atoms with E-state index in [2.05, 4.69) is 26.0 Å². The zero-order chi connectivity index (χ0) is 5.72. The highest BCUT2D eigenvalue weighted by atomic mass is 127. The lowest BCUT2D eigenvalue weighted by molar-refractivity contribution is 0.532. The average Bonchev–Trinajstić information content (AvgIpc) is 2.29. The van der Waals surface area contributed by atoms with E-state index in [0.29, 0.717) is 6.04 Å². The first kappa shape index (κ1) is 5.44. The van der Waals surface area contributed by atoms with Crippen LogP contribution in [0.1, 0.15) is 0 Å². The van der Waals surface area contributed by atoms with Crippen molar-refractivity contribution < 1.29 is 0 Å². The van der Waals surface area contributed by atoms with E-state index in [1.54, 1.807) is 0 Å². The molecule has 3 heteroatoms. The van der Waals surface area contributed by atoms with Gasteiger partial charge in [-0.2, -0.15) is 0 Å². The Morgan fingerprint density at radius 2 is 1.88 bits per heavy atom. The monoisotopic (exact) mass is 224 g/mol. The number of rotatable bonds is 0. The van der Waals surface area contributed by atoms with Crippen molar-refractivity contribution in [3.8, 4) is 0 Å². The number of fused-ring (bicyclic) bond motifs is 1. The normalized spacial score (nSPS) is 54.0. The lowest BCUT2D eigenvalue weighted by Gasteiger charge is -2.06. The molecule has 0 bridgehead atoms. The lowest BCUT2D eigenvalue weighted by atomic mass is 10.4. The molecule has 0 amide bonds. The molecular weight excluding hydrogens is 215 g/mol. The minimum absolute atomic E-state index is 0.556. The zero-order valence-corrected chi connectivity index (χ0v) is 6.71. The number of hydrogen-bond donors (Lipinski definition) is 1. The quantitative estimate of drug-likeness (QED) is 0.471. The summed E-state index contributed by atoms with van der Waals surface area (Å²) in [5.41, 5.74) is 5.70. The fraction of sp³-hybridized carbons (Fsp3) is 1.00. The predicted octanol–water partition coefficient (Wildman–Crippen LogP) is 0.225. The third-order valence-electron chi connectivity index (χ3n) is 2.22. The van der Waals surface area contributed by atoms with Crippen LogP contribution in [-0.2, 0) is 0 Å². The van der Waals surface area contributed by atoms with E-state index in [1.165, 1.54) is 13.1 Å². The maximum atomic E-state index is 5.70. The van der Waals surface area contributed by atoms with Crippen LogP contribution >= 0.6 is 22.9 Å². The van der Waals surface area contributed by atoms with Crippen LogP contribution in [0.25, 0.3) is 0 Å². The van der Waals surface area contributed by atoms with Gasteiger partial charge >= 0.3 is 0 Å². The van der Waals surface area contributed by atoms with Gasteiger partial charge < -0.3 is 5.73 Å². The molecule has 1 aliphatic carbocycles. The Balaban J connectivity index is 2.00. The van der Waals surface area contributed by atoms with E-state index < -0.39 is 0 Å². The molecule has 2 nitrogen and oxygen atoms in total. The second-order valence-corrected chi connectivity index (χ2v) is 4.10. The number of hydrogen-bond acceptors (Lipinski definition) is 2. The van der Waals surface area contributed by atoms with Crippen LogP contribution < -0.4 is 5.73 Å². The summed E-state index contributed by atoms with van der Waals surface area (Å²) < 4.78 is 2.33. The van der Waals surface area contributed by atoms with E-state index in [-0.39, 0.29) is 0 Å². The Morgan fingerprint density at radius 3 is 2.25 bits per heavy atom. The molecule has 0 unspecified atom stereocenters. The standard InChI is InChI=1S/C5H9IN2/c6-8-1-3-4(2-8)5(3)7/h3-5H,1-2,7H2/t3-,4+,5+. The highest BCUT2D eigenvalue weighted by Crippen LogP contribution is 2.44. The van der Waals surface area contributed by atoms with Gasteiger partial charge in [-0.25, -0.2) is 3.11 Å². The van der Waals surface area contributed by atoms with Crippen molar-refractivity contribution in [2.24, 2.45) is 17.6 Å². The van der Waals surface area contributed by atoms with Gasteiger partial charge in [-0.05, 0) is 11.8 Å². The fourth-order valence-corrected chi connectivity index (χ4v) is 2.43. The second-order valence-electron chi connectivity index (χ2n) is 2.73. The Kier molecular flexibility index (Phi) is 1.07. The van der Waals surface area contributed by atoms with Crippen LogP contribution in [0.4, 0.5) is 0 Å². The summed E-state index contributed by atoms with van der Waals surface area (Å²) in [7, 11) is 0. The molecule has 8 heavy (non-hydrogen) atoms. The molecule has 0 aromatic rings. The molecule has 2 fully saturated rings. The van der Waals surface area contributed by atoms with Crippen LogP contribution in [0.15, 0.2) is 0 Å². The SMILES string of the molecule is N[C@@H]1[C@H]2CN(I)C[C@@H]12. The van der Waals surface area contributed by atoms with Crippen LogP contribution in [0.5, 0.6) is 0 Å². The Bertz CT molecular complexity index is 105. The fourth-order valence-electron chi connectivity index (χ4n) is 1.52. The molecule has 2 N–H and O–H groups in total. The highest BCUT2D eigenvalue weighted by Gasteiger charge is 2.52. The van der Waals surface area contributed by atoms with Crippen molar-refractivity contribution in [1.29, 1.82) is 0 Å². The van der Waals surface area contributed by atoms with Gasteiger partial charge in [-0.3, -0.25) is 0 Å². The number of nitrogens with zero attached hydrogens (tertiary/aromatic N) is 1. The molecule has 0 spiro atoms. The molecule has 0 aromatic carbocycles. The van der Waals surface area contributed by atoms with Crippen LogP contribution in [0.2, 0.25) is 0 Å². The summed E-state index contributed by atoms with van der Waals surface area (Å²) in [4.78, 5) is 0. The summed E-state index contributed by atoms with van der Waals surface area (Å²) in [6.07, 6.45) is 0. The van der Waals surface area contributed by atoms with Crippen molar-refractivity contribution >= 4 is 22.9 Å². The van der Waals surface area contributed by atoms with Gasteiger partial charge in [-0.15, -0.1) is 0 Å².